The topological polar surface area (TPSA) is 57.3 Å². The summed E-state index contributed by atoms with van der Waals surface area (Å²) in [5.74, 6) is 2.24. The maximum Gasteiger partial charge on any atom is 0.206 e. The fraction of sp³-hybridized carbons (Fsp3) is 0.250. The molecule has 0 amide bonds. The van der Waals surface area contributed by atoms with Crippen LogP contribution in [0.4, 0.5) is 0 Å². The molecule has 0 saturated carbocycles. The van der Waals surface area contributed by atoms with Crippen LogP contribution in [0.5, 0.6) is 17.2 Å². The largest absolute Gasteiger partial charge is 0.497 e. The molecule has 7 heteroatoms. The third-order valence-corrected chi connectivity index (χ3v) is 5.47. The number of aromatic nitrogens is 1. The van der Waals surface area contributed by atoms with E-state index in [-0.39, 0.29) is 0 Å². The SMILES string of the molecule is C=C(C)CN=c1scc(-c2ccc(OC)cc2OC)n1N=C(C)c1ccc(OC)cc1. The van der Waals surface area contributed by atoms with E-state index in [2.05, 4.69) is 6.58 Å². The first kappa shape index (κ1) is 22.4. The second-order valence-electron chi connectivity index (χ2n) is 6.97. The van der Waals surface area contributed by atoms with Gasteiger partial charge in [0.1, 0.15) is 17.2 Å². The number of hydrogen-bond acceptors (Lipinski definition) is 6. The monoisotopic (exact) mass is 437 g/mol. The van der Waals surface area contributed by atoms with Crippen LogP contribution < -0.4 is 19.0 Å². The molecule has 0 unspecified atom stereocenters. The van der Waals surface area contributed by atoms with E-state index in [1.807, 2.05) is 66.4 Å². The molecule has 1 heterocycles. The standard InChI is InChI=1S/C24H27N3O3S/c1-16(2)14-25-24-27(26-17(3)18-7-9-19(28-4)10-8-18)22(15-31-24)21-12-11-20(29-5)13-23(21)30-6/h7-13,15H,1,14H2,2-6H3. The van der Waals surface area contributed by atoms with Gasteiger partial charge >= 0.3 is 0 Å². The zero-order valence-corrected chi connectivity index (χ0v) is 19.3. The number of rotatable bonds is 8. The van der Waals surface area contributed by atoms with Gasteiger partial charge in [-0.2, -0.15) is 5.10 Å². The van der Waals surface area contributed by atoms with Crippen LogP contribution in [0.1, 0.15) is 19.4 Å². The van der Waals surface area contributed by atoms with Crippen molar-refractivity contribution >= 4 is 17.0 Å². The average molecular weight is 438 g/mol. The second-order valence-corrected chi connectivity index (χ2v) is 7.81. The summed E-state index contributed by atoms with van der Waals surface area (Å²) in [7, 11) is 4.94. The van der Waals surface area contributed by atoms with Crippen molar-refractivity contribution in [3.63, 3.8) is 0 Å². The number of methoxy groups -OCH3 is 3. The highest BCUT2D eigenvalue weighted by Gasteiger charge is 2.14. The van der Waals surface area contributed by atoms with Crippen LogP contribution in [-0.2, 0) is 0 Å². The average Bonchev–Trinajstić information content (AvgIpc) is 3.19. The molecule has 3 aromatic rings. The van der Waals surface area contributed by atoms with Crippen LogP contribution in [0, 0.1) is 0 Å². The molecule has 1 aromatic heterocycles. The first-order chi connectivity index (χ1) is 15.0. The number of nitrogens with zero attached hydrogens (tertiary/aromatic N) is 3. The Hall–Kier alpha value is -3.32. The van der Waals surface area contributed by atoms with Crippen molar-refractivity contribution in [1.29, 1.82) is 0 Å². The molecule has 0 atom stereocenters. The van der Waals surface area contributed by atoms with E-state index in [9.17, 15) is 0 Å². The Labute approximate surface area is 186 Å². The molecule has 0 saturated heterocycles. The van der Waals surface area contributed by atoms with Gasteiger partial charge in [0.05, 0.1) is 39.3 Å². The van der Waals surface area contributed by atoms with E-state index in [1.54, 1.807) is 21.3 Å². The predicted molar refractivity (Wildman–Crippen MR) is 127 cm³/mol. The van der Waals surface area contributed by atoms with Crippen molar-refractivity contribution in [1.82, 2.24) is 4.68 Å². The Bertz CT molecular complexity index is 1160. The molecule has 0 spiro atoms. The smallest absolute Gasteiger partial charge is 0.206 e. The minimum atomic E-state index is 0.538. The van der Waals surface area contributed by atoms with Crippen LogP contribution in [-0.4, -0.2) is 38.3 Å². The molecule has 0 radical (unpaired) electrons. The van der Waals surface area contributed by atoms with Gasteiger partial charge in [-0.15, -0.1) is 11.3 Å². The van der Waals surface area contributed by atoms with Crippen molar-refractivity contribution in [2.45, 2.75) is 13.8 Å². The summed E-state index contributed by atoms with van der Waals surface area (Å²) in [6.45, 7) is 8.43. The summed E-state index contributed by atoms with van der Waals surface area (Å²) in [6, 6.07) is 13.6. The Morgan fingerprint density at radius 2 is 1.65 bits per heavy atom. The fourth-order valence-corrected chi connectivity index (χ4v) is 3.76. The molecule has 3 rings (SSSR count). The van der Waals surface area contributed by atoms with Gasteiger partial charge in [0.25, 0.3) is 0 Å². The molecule has 0 bridgehead atoms. The van der Waals surface area contributed by atoms with Crippen molar-refractivity contribution in [2.24, 2.45) is 10.1 Å². The van der Waals surface area contributed by atoms with E-state index < -0.39 is 0 Å². The van der Waals surface area contributed by atoms with Crippen molar-refractivity contribution in [3.8, 4) is 28.5 Å². The van der Waals surface area contributed by atoms with E-state index in [0.29, 0.717) is 12.3 Å². The molecular weight excluding hydrogens is 410 g/mol. The molecule has 6 nitrogen and oxygen atoms in total. The first-order valence-corrected chi connectivity index (χ1v) is 10.6. The fourth-order valence-electron chi connectivity index (χ4n) is 2.94. The summed E-state index contributed by atoms with van der Waals surface area (Å²) in [5, 5.41) is 6.94. The van der Waals surface area contributed by atoms with Gasteiger partial charge in [0.15, 0.2) is 0 Å². The Morgan fingerprint density at radius 3 is 2.26 bits per heavy atom. The van der Waals surface area contributed by atoms with Crippen LogP contribution >= 0.6 is 11.3 Å². The molecule has 0 N–H and O–H groups in total. The van der Waals surface area contributed by atoms with E-state index in [0.717, 1.165) is 44.4 Å². The number of thiazole rings is 1. The van der Waals surface area contributed by atoms with Gasteiger partial charge in [-0.3, -0.25) is 4.99 Å². The zero-order chi connectivity index (χ0) is 22.4. The van der Waals surface area contributed by atoms with Crippen molar-refractivity contribution < 1.29 is 14.2 Å². The van der Waals surface area contributed by atoms with Gasteiger partial charge in [-0.25, -0.2) is 4.68 Å². The molecule has 0 aliphatic rings. The van der Waals surface area contributed by atoms with Crippen LogP contribution in [0.25, 0.3) is 11.3 Å². The molecule has 0 aliphatic heterocycles. The number of ether oxygens (including phenoxy) is 3. The molecule has 2 aromatic carbocycles. The molecular formula is C24H27N3O3S. The minimum Gasteiger partial charge on any atom is -0.497 e. The summed E-state index contributed by atoms with van der Waals surface area (Å²) >= 11 is 1.53. The Balaban J connectivity index is 2.16. The van der Waals surface area contributed by atoms with Gasteiger partial charge in [0, 0.05) is 17.0 Å². The van der Waals surface area contributed by atoms with E-state index in [4.69, 9.17) is 24.3 Å². The molecule has 31 heavy (non-hydrogen) atoms. The molecule has 162 valence electrons. The lowest BCUT2D eigenvalue weighted by atomic mass is 10.1. The highest BCUT2D eigenvalue weighted by molar-refractivity contribution is 7.07. The van der Waals surface area contributed by atoms with Gasteiger partial charge in [0.2, 0.25) is 4.80 Å². The van der Waals surface area contributed by atoms with Crippen molar-refractivity contribution in [3.05, 3.63) is 70.4 Å². The van der Waals surface area contributed by atoms with Crippen LogP contribution in [0.2, 0.25) is 0 Å². The Kier molecular flexibility index (Phi) is 7.31. The zero-order valence-electron chi connectivity index (χ0n) is 18.5. The number of hydrogen-bond donors (Lipinski definition) is 0. The van der Waals surface area contributed by atoms with E-state index >= 15 is 0 Å². The van der Waals surface area contributed by atoms with Crippen LogP contribution in [0.3, 0.4) is 0 Å². The van der Waals surface area contributed by atoms with Crippen molar-refractivity contribution in [2.75, 3.05) is 27.9 Å². The summed E-state index contributed by atoms with van der Waals surface area (Å²) in [4.78, 5) is 5.49. The van der Waals surface area contributed by atoms with Gasteiger partial charge in [-0.1, -0.05) is 12.2 Å². The Morgan fingerprint density at radius 1 is 0.968 bits per heavy atom. The lowest BCUT2D eigenvalue weighted by Gasteiger charge is -2.11. The van der Waals surface area contributed by atoms with E-state index in [1.165, 1.54) is 11.3 Å². The van der Waals surface area contributed by atoms with Crippen LogP contribution in [0.15, 0.2) is 70.1 Å². The quantitative estimate of drug-likeness (QED) is 0.368. The predicted octanol–water partition coefficient (Wildman–Crippen LogP) is 4.99. The summed E-state index contributed by atoms with van der Waals surface area (Å²) in [6.07, 6.45) is 0. The lowest BCUT2D eigenvalue weighted by Crippen LogP contribution is -2.15. The summed E-state index contributed by atoms with van der Waals surface area (Å²) < 4.78 is 18.1. The highest BCUT2D eigenvalue weighted by Crippen LogP contribution is 2.33. The molecule has 0 aliphatic carbocycles. The first-order valence-electron chi connectivity index (χ1n) is 9.74. The third kappa shape index (κ3) is 5.24. The normalized spacial score (nSPS) is 12.0. The summed E-state index contributed by atoms with van der Waals surface area (Å²) in [5.41, 5.74) is 4.63. The minimum absolute atomic E-state index is 0.538. The number of benzene rings is 2. The van der Waals surface area contributed by atoms with Gasteiger partial charge < -0.3 is 14.2 Å². The second kappa shape index (κ2) is 10.1. The third-order valence-electron chi connectivity index (χ3n) is 4.61. The highest BCUT2D eigenvalue weighted by atomic mass is 32.1. The maximum absolute atomic E-state index is 5.62. The molecule has 0 fully saturated rings. The lowest BCUT2D eigenvalue weighted by molar-refractivity contribution is 0.395. The maximum atomic E-state index is 5.62. The van der Waals surface area contributed by atoms with Gasteiger partial charge in [-0.05, 0) is 55.8 Å².